The lowest BCUT2D eigenvalue weighted by molar-refractivity contribution is -0.144. The van der Waals surface area contributed by atoms with E-state index >= 15 is 0 Å². The summed E-state index contributed by atoms with van der Waals surface area (Å²) in [5, 5.41) is 9.14. The van der Waals surface area contributed by atoms with Crippen LogP contribution in [-0.2, 0) is 14.9 Å². The molecule has 3 heteroatoms. The van der Waals surface area contributed by atoms with Crippen LogP contribution in [0.15, 0.2) is 12.1 Å². The largest absolute Gasteiger partial charge is 0.481 e. The highest BCUT2D eigenvalue weighted by molar-refractivity contribution is 5.69. The molecule has 1 N–H and O–H groups in total. The maximum atomic E-state index is 11.1. The molecule has 0 amide bonds. The SMILES string of the molecule is Cc1ccc(C2(CC(C)C(=O)O)COC2)c(C)c1C. The first-order chi connectivity index (χ1) is 8.87. The van der Waals surface area contributed by atoms with Crippen molar-refractivity contribution in [2.24, 2.45) is 5.92 Å². The zero-order valence-corrected chi connectivity index (χ0v) is 12.1. The van der Waals surface area contributed by atoms with Gasteiger partial charge in [-0.2, -0.15) is 0 Å². The van der Waals surface area contributed by atoms with Gasteiger partial charge in [0, 0.05) is 5.41 Å². The van der Waals surface area contributed by atoms with Gasteiger partial charge in [-0.3, -0.25) is 4.79 Å². The number of hydrogen-bond acceptors (Lipinski definition) is 2. The number of carboxylic acids is 1. The molecular weight excluding hydrogens is 240 g/mol. The van der Waals surface area contributed by atoms with Crippen molar-refractivity contribution in [3.8, 4) is 0 Å². The lowest BCUT2D eigenvalue weighted by atomic mass is 9.70. The van der Waals surface area contributed by atoms with Gasteiger partial charge in [0.2, 0.25) is 0 Å². The standard InChI is InChI=1S/C16H22O3/c1-10-5-6-14(13(4)12(10)3)16(8-19-9-16)7-11(2)15(17)18/h5-6,11H,7-9H2,1-4H3,(H,17,18). The van der Waals surface area contributed by atoms with Crippen molar-refractivity contribution < 1.29 is 14.6 Å². The monoisotopic (exact) mass is 262 g/mol. The first-order valence-corrected chi connectivity index (χ1v) is 6.75. The van der Waals surface area contributed by atoms with E-state index in [1.165, 1.54) is 22.3 Å². The number of benzene rings is 1. The summed E-state index contributed by atoms with van der Waals surface area (Å²) in [6, 6.07) is 4.28. The van der Waals surface area contributed by atoms with Crippen molar-refractivity contribution in [2.75, 3.05) is 13.2 Å². The molecule has 1 aromatic carbocycles. The fourth-order valence-corrected chi connectivity index (χ4v) is 2.94. The van der Waals surface area contributed by atoms with Crippen LogP contribution in [0.5, 0.6) is 0 Å². The molecule has 1 aliphatic heterocycles. The van der Waals surface area contributed by atoms with Gasteiger partial charge in [-0.1, -0.05) is 19.1 Å². The molecule has 0 aliphatic carbocycles. The second kappa shape index (κ2) is 4.97. The molecule has 1 atom stereocenters. The van der Waals surface area contributed by atoms with Crippen molar-refractivity contribution >= 4 is 5.97 Å². The predicted octanol–water partition coefficient (Wildman–Crippen LogP) is 2.99. The fraction of sp³-hybridized carbons (Fsp3) is 0.562. The molecular formula is C16H22O3. The summed E-state index contributed by atoms with van der Waals surface area (Å²) >= 11 is 0. The van der Waals surface area contributed by atoms with E-state index in [2.05, 4.69) is 32.9 Å². The quantitative estimate of drug-likeness (QED) is 0.907. The molecule has 0 aromatic heterocycles. The highest BCUT2D eigenvalue weighted by Crippen LogP contribution is 2.41. The summed E-state index contributed by atoms with van der Waals surface area (Å²) in [6.07, 6.45) is 0.645. The summed E-state index contributed by atoms with van der Waals surface area (Å²) in [4.78, 5) is 11.1. The van der Waals surface area contributed by atoms with Crippen LogP contribution >= 0.6 is 0 Å². The van der Waals surface area contributed by atoms with Crippen LogP contribution in [-0.4, -0.2) is 24.3 Å². The molecule has 1 fully saturated rings. The molecule has 0 spiro atoms. The summed E-state index contributed by atoms with van der Waals surface area (Å²) < 4.78 is 5.41. The summed E-state index contributed by atoms with van der Waals surface area (Å²) in [5.41, 5.74) is 5.01. The minimum atomic E-state index is -0.729. The number of aryl methyl sites for hydroxylation is 1. The molecule has 0 saturated carbocycles. The molecule has 3 nitrogen and oxygen atoms in total. The third kappa shape index (κ3) is 2.39. The maximum Gasteiger partial charge on any atom is 0.306 e. The van der Waals surface area contributed by atoms with Gasteiger partial charge in [0.15, 0.2) is 0 Å². The van der Waals surface area contributed by atoms with Gasteiger partial charge in [-0.25, -0.2) is 0 Å². The third-order valence-corrected chi connectivity index (χ3v) is 4.50. The van der Waals surface area contributed by atoms with Gasteiger partial charge in [0.05, 0.1) is 19.1 Å². The average molecular weight is 262 g/mol. The van der Waals surface area contributed by atoms with E-state index < -0.39 is 5.97 Å². The van der Waals surface area contributed by atoms with Crippen LogP contribution in [0.4, 0.5) is 0 Å². The van der Waals surface area contributed by atoms with E-state index in [1.807, 2.05) is 0 Å². The maximum absolute atomic E-state index is 11.1. The van der Waals surface area contributed by atoms with Crippen molar-refractivity contribution in [3.05, 3.63) is 34.4 Å². The molecule has 0 radical (unpaired) electrons. The highest BCUT2D eigenvalue weighted by atomic mass is 16.5. The molecule has 1 aliphatic rings. The Morgan fingerprint density at radius 2 is 1.95 bits per heavy atom. The normalized spacial score (nSPS) is 18.7. The molecule has 1 saturated heterocycles. The van der Waals surface area contributed by atoms with Crippen molar-refractivity contribution in [2.45, 2.75) is 39.5 Å². The molecule has 104 valence electrons. The number of carboxylic acid groups (broad SMARTS) is 1. The van der Waals surface area contributed by atoms with Crippen molar-refractivity contribution in [1.82, 2.24) is 0 Å². The van der Waals surface area contributed by atoms with E-state index in [1.54, 1.807) is 6.92 Å². The highest BCUT2D eigenvalue weighted by Gasteiger charge is 2.43. The van der Waals surface area contributed by atoms with Gasteiger partial charge in [0.25, 0.3) is 0 Å². The smallest absolute Gasteiger partial charge is 0.306 e. The number of aliphatic carboxylic acids is 1. The van der Waals surface area contributed by atoms with Crippen molar-refractivity contribution in [1.29, 1.82) is 0 Å². The number of ether oxygens (including phenoxy) is 1. The lowest BCUT2D eigenvalue weighted by Gasteiger charge is -2.44. The topological polar surface area (TPSA) is 46.5 Å². The van der Waals surface area contributed by atoms with Crippen LogP contribution in [0.25, 0.3) is 0 Å². The molecule has 1 unspecified atom stereocenters. The van der Waals surface area contributed by atoms with Gasteiger partial charge in [-0.05, 0) is 49.4 Å². The summed E-state index contributed by atoms with van der Waals surface area (Å²) in [5.74, 6) is -1.07. The molecule has 2 rings (SSSR count). The van der Waals surface area contributed by atoms with E-state index in [0.717, 1.165) is 0 Å². The van der Waals surface area contributed by atoms with Crippen LogP contribution in [0.1, 0.15) is 35.6 Å². The van der Waals surface area contributed by atoms with E-state index in [0.29, 0.717) is 19.6 Å². The van der Waals surface area contributed by atoms with Gasteiger partial charge < -0.3 is 9.84 Å². The zero-order chi connectivity index (χ0) is 14.2. The van der Waals surface area contributed by atoms with Crippen LogP contribution in [0, 0.1) is 26.7 Å². The fourth-order valence-electron chi connectivity index (χ4n) is 2.94. The first-order valence-electron chi connectivity index (χ1n) is 6.75. The third-order valence-electron chi connectivity index (χ3n) is 4.50. The minimum absolute atomic E-state index is 0.111. The van der Waals surface area contributed by atoms with E-state index in [9.17, 15) is 4.79 Å². The van der Waals surface area contributed by atoms with E-state index in [-0.39, 0.29) is 11.3 Å². The molecule has 19 heavy (non-hydrogen) atoms. The molecule has 0 bridgehead atoms. The number of hydrogen-bond donors (Lipinski definition) is 1. The first kappa shape index (κ1) is 14.1. The van der Waals surface area contributed by atoms with E-state index in [4.69, 9.17) is 9.84 Å². The molecule has 1 aromatic rings. The Bertz CT molecular complexity index is 501. The van der Waals surface area contributed by atoms with Gasteiger partial charge in [0.1, 0.15) is 0 Å². The number of carbonyl (C=O) groups is 1. The zero-order valence-electron chi connectivity index (χ0n) is 12.1. The molecule has 1 heterocycles. The summed E-state index contributed by atoms with van der Waals surface area (Å²) in [7, 11) is 0. The average Bonchev–Trinajstić information content (AvgIpc) is 2.31. The predicted molar refractivity (Wildman–Crippen MR) is 74.6 cm³/mol. The number of rotatable bonds is 4. The summed E-state index contributed by atoms with van der Waals surface area (Å²) in [6.45, 7) is 9.40. The van der Waals surface area contributed by atoms with Gasteiger partial charge >= 0.3 is 5.97 Å². The Hall–Kier alpha value is -1.35. The minimum Gasteiger partial charge on any atom is -0.481 e. The Morgan fingerprint density at radius 1 is 1.32 bits per heavy atom. The lowest BCUT2D eigenvalue weighted by Crippen LogP contribution is -2.49. The Morgan fingerprint density at radius 3 is 2.42 bits per heavy atom. The second-order valence-electron chi connectivity index (χ2n) is 5.90. The van der Waals surface area contributed by atoms with Gasteiger partial charge in [-0.15, -0.1) is 0 Å². The van der Waals surface area contributed by atoms with Crippen LogP contribution in [0.3, 0.4) is 0 Å². The Kier molecular flexibility index (Phi) is 3.68. The Balaban J connectivity index is 2.37. The van der Waals surface area contributed by atoms with Crippen LogP contribution in [0.2, 0.25) is 0 Å². The van der Waals surface area contributed by atoms with Crippen LogP contribution < -0.4 is 0 Å². The Labute approximate surface area is 114 Å². The second-order valence-corrected chi connectivity index (χ2v) is 5.90. The van der Waals surface area contributed by atoms with Crippen molar-refractivity contribution in [3.63, 3.8) is 0 Å².